The Morgan fingerprint density at radius 3 is 2.44 bits per heavy atom. The van der Waals surface area contributed by atoms with Crippen LogP contribution in [-0.4, -0.2) is 24.5 Å². The molecular formula is C16H16F6N4S. The zero-order chi connectivity index (χ0) is 20.1. The van der Waals surface area contributed by atoms with Crippen molar-refractivity contribution in [3.8, 4) is 0 Å². The van der Waals surface area contributed by atoms with E-state index in [0.29, 0.717) is 16.5 Å². The first-order chi connectivity index (χ1) is 12.6. The second-order valence-corrected chi connectivity index (χ2v) is 6.37. The number of aromatic nitrogens is 1. The van der Waals surface area contributed by atoms with Crippen molar-refractivity contribution >= 4 is 17.3 Å². The van der Waals surface area contributed by atoms with Crippen LogP contribution in [0.3, 0.4) is 0 Å². The number of nitrogens with zero attached hydrogens (tertiary/aromatic N) is 2. The van der Waals surface area contributed by atoms with Gasteiger partial charge in [0.05, 0.1) is 10.6 Å². The van der Waals surface area contributed by atoms with Gasteiger partial charge in [-0.2, -0.15) is 26.3 Å². The highest BCUT2D eigenvalue weighted by molar-refractivity contribution is 7.09. The lowest BCUT2D eigenvalue weighted by molar-refractivity contribution is -0.141. The molecule has 27 heavy (non-hydrogen) atoms. The second kappa shape index (κ2) is 8.59. The van der Waals surface area contributed by atoms with Crippen molar-refractivity contribution in [1.29, 1.82) is 0 Å². The lowest BCUT2D eigenvalue weighted by Gasteiger charge is -2.13. The van der Waals surface area contributed by atoms with Gasteiger partial charge in [-0.3, -0.25) is 4.99 Å². The second-order valence-electron chi connectivity index (χ2n) is 5.42. The Balaban J connectivity index is 1.84. The summed E-state index contributed by atoms with van der Waals surface area (Å²) in [6.07, 6.45) is -8.63. The summed E-state index contributed by atoms with van der Waals surface area (Å²) < 4.78 is 75.6. The Bertz CT molecular complexity index is 782. The Morgan fingerprint density at radius 2 is 1.85 bits per heavy atom. The van der Waals surface area contributed by atoms with Gasteiger partial charge in [-0.15, -0.1) is 11.3 Å². The van der Waals surface area contributed by atoms with Crippen LogP contribution < -0.4 is 10.6 Å². The number of alkyl halides is 6. The Hall–Kier alpha value is -2.30. The summed E-state index contributed by atoms with van der Waals surface area (Å²) in [4.78, 5) is 7.44. The van der Waals surface area contributed by atoms with E-state index in [1.165, 1.54) is 13.1 Å². The van der Waals surface area contributed by atoms with Crippen molar-refractivity contribution in [2.45, 2.75) is 25.3 Å². The minimum absolute atomic E-state index is 0.110. The molecule has 0 saturated heterocycles. The van der Waals surface area contributed by atoms with Gasteiger partial charge in [0.25, 0.3) is 0 Å². The van der Waals surface area contributed by atoms with Crippen molar-refractivity contribution in [2.24, 2.45) is 4.99 Å². The van der Waals surface area contributed by atoms with Crippen molar-refractivity contribution in [3.63, 3.8) is 0 Å². The largest absolute Gasteiger partial charge is 0.434 e. The number of halogens is 6. The van der Waals surface area contributed by atoms with Gasteiger partial charge in [0.15, 0.2) is 11.7 Å². The van der Waals surface area contributed by atoms with Gasteiger partial charge in [0.1, 0.15) is 0 Å². The summed E-state index contributed by atoms with van der Waals surface area (Å²) in [7, 11) is 1.48. The van der Waals surface area contributed by atoms with E-state index >= 15 is 0 Å². The summed E-state index contributed by atoms with van der Waals surface area (Å²) in [5, 5.41) is 7.01. The molecule has 148 valence electrons. The summed E-state index contributed by atoms with van der Waals surface area (Å²) in [5.74, 6) is 0.319. The fourth-order valence-corrected chi connectivity index (χ4v) is 2.91. The van der Waals surface area contributed by atoms with Gasteiger partial charge in [-0.1, -0.05) is 12.1 Å². The highest BCUT2D eigenvalue weighted by atomic mass is 32.1. The lowest BCUT2D eigenvalue weighted by Crippen LogP contribution is -2.37. The van der Waals surface area contributed by atoms with Crippen LogP contribution in [0.4, 0.5) is 26.3 Å². The SMILES string of the molecule is CN=C(NCCc1nc(C(F)(F)F)cs1)NCc1cccc(C(F)(F)F)c1. The molecule has 0 fully saturated rings. The maximum absolute atomic E-state index is 12.7. The van der Waals surface area contributed by atoms with Gasteiger partial charge in [0, 0.05) is 31.9 Å². The zero-order valence-electron chi connectivity index (χ0n) is 14.1. The van der Waals surface area contributed by atoms with Gasteiger partial charge in [0.2, 0.25) is 0 Å². The molecule has 1 heterocycles. The Kier molecular flexibility index (Phi) is 6.68. The molecule has 0 aliphatic carbocycles. The van der Waals surface area contributed by atoms with Crippen LogP contribution in [0, 0.1) is 0 Å². The Labute approximate surface area is 155 Å². The maximum atomic E-state index is 12.7. The van der Waals surface area contributed by atoms with Crippen LogP contribution in [0.2, 0.25) is 0 Å². The first-order valence-corrected chi connectivity index (χ1v) is 8.60. The molecule has 0 unspecified atom stereocenters. The first-order valence-electron chi connectivity index (χ1n) is 7.72. The molecule has 0 saturated carbocycles. The fourth-order valence-electron chi connectivity index (χ4n) is 2.11. The monoisotopic (exact) mass is 410 g/mol. The molecule has 2 rings (SSSR count). The van der Waals surface area contributed by atoms with Crippen molar-refractivity contribution < 1.29 is 26.3 Å². The van der Waals surface area contributed by atoms with E-state index in [1.54, 1.807) is 6.07 Å². The molecule has 0 aliphatic heterocycles. The average molecular weight is 410 g/mol. The third-order valence-corrected chi connectivity index (χ3v) is 4.32. The summed E-state index contributed by atoms with van der Waals surface area (Å²) in [6, 6.07) is 4.88. The molecule has 0 radical (unpaired) electrons. The topological polar surface area (TPSA) is 49.3 Å². The highest BCUT2D eigenvalue weighted by Crippen LogP contribution is 2.30. The predicted molar refractivity (Wildman–Crippen MR) is 90.5 cm³/mol. The van der Waals surface area contributed by atoms with Crippen molar-refractivity contribution in [1.82, 2.24) is 15.6 Å². The van der Waals surface area contributed by atoms with Crippen LogP contribution in [0.1, 0.15) is 21.8 Å². The number of thiazole rings is 1. The van der Waals surface area contributed by atoms with Crippen molar-refractivity contribution in [2.75, 3.05) is 13.6 Å². The van der Waals surface area contributed by atoms with E-state index in [-0.39, 0.29) is 19.5 Å². The van der Waals surface area contributed by atoms with Gasteiger partial charge in [-0.05, 0) is 17.7 Å². The summed E-state index contributed by atoms with van der Waals surface area (Å²) >= 11 is 0.912. The molecule has 11 heteroatoms. The van der Waals surface area contributed by atoms with E-state index < -0.39 is 23.6 Å². The number of hydrogen-bond donors (Lipinski definition) is 2. The third kappa shape index (κ3) is 6.42. The minimum Gasteiger partial charge on any atom is -0.356 e. The molecule has 2 aromatic rings. The van der Waals surface area contributed by atoms with Crippen LogP contribution in [-0.2, 0) is 25.3 Å². The van der Waals surface area contributed by atoms with E-state index in [0.717, 1.165) is 28.8 Å². The standard InChI is InChI=1S/C16H16F6N4S/c1-23-14(24-6-5-13-26-12(9-27-13)16(20,21)22)25-8-10-3-2-4-11(7-10)15(17,18)19/h2-4,7,9H,5-6,8H2,1H3,(H2,23,24,25). The number of benzene rings is 1. The predicted octanol–water partition coefficient (Wildman–Crippen LogP) is 4.09. The number of rotatable bonds is 5. The maximum Gasteiger partial charge on any atom is 0.434 e. The molecule has 4 nitrogen and oxygen atoms in total. The van der Waals surface area contributed by atoms with E-state index in [1.807, 2.05) is 0 Å². The molecule has 1 aromatic carbocycles. The Morgan fingerprint density at radius 1 is 1.11 bits per heavy atom. The quantitative estimate of drug-likeness (QED) is 0.444. The van der Waals surface area contributed by atoms with Crippen LogP contribution >= 0.6 is 11.3 Å². The smallest absolute Gasteiger partial charge is 0.356 e. The first kappa shape index (κ1) is 21.0. The molecule has 1 aromatic heterocycles. The van der Waals surface area contributed by atoms with Crippen LogP contribution in [0.15, 0.2) is 34.6 Å². The molecule has 0 bridgehead atoms. The third-order valence-electron chi connectivity index (χ3n) is 3.41. The zero-order valence-corrected chi connectivity index (χ0v) is 14.9. The van der Waals surface area contributed by atoms with Crippen LogP contribution in [0.25, 0.3) is 0 Å². The molecule has 0 atom stereocenters. The minimum atomic E-state index is -4.47. The average Bonchev–Trinajstić information content (AvgIpc) is 3.06. The number of nitrogens with one attached hydrogen (secondary N) is 2. The van der Waals surface area contributed by atoms with Crippen molar-refractivity contribution in [3.05, 3.63) is 51.5 Å². The van der Waals surface area contributed by atoms with E-state index in [9.17, 15) is 26.3 Å². The normalized spacial score (nSPS) is 12.9. The molecule has 0 spiro atoms. The van der Waals surface area contributed by atoms with E-state index in [4.69, 9.17) is 0 Å². The van der Waals surface area contributed by atoms with E-state index in [2.05, 4.69) is 20.6 Å². The van der Waals surface area contributed by atoms with Crippen LogP contribution in [0.5, 0.6) is 0 Å². The number of hydrogen-bond acceptors (Lipinski definition) is 3. The fraction of sp³-hybridized carbons (Fsp3) is 0.375. The van der Waals surface area contributed by atoms with Gasteiger partial charge in [-0.25, -0.2) is 4.98 Å². The number of aliphatic imine (C=N–C) groups is 1. The van der Waals surface area contributed by atoms with Gasteiger partial charge < -0.3 is 10.6 Å². The number of guanidine groups is 1. The molecule has 2 N–H and O–H groups in total. The lowest BCUT2D eigenvalue weighted by atomic mass is 10.1. The molecule has 0 aliphatic rings. The van der Waals surface area contributed by atoms with Gasteiger partial charge >= 0.3 is 12.4 Å². The summed E-state index contributed by atoms with van der Waals surface area (Å²) in [6.45, 7) is 0.381. The molecular weight excluding hydrogens is 394 g/mol. The summed E-state index contributed by atoms with van der Waals surface area (Å²) in [5.41, 5.74) is -1.24. The highest BCUT2D eigenvalue weighted by Gasteiger charge is 2.33. The molecule has 0 amide bonds.